The minimum absolute atomic E-state index is 0.0165. The minimum Gasteiger partial charge on any atom is -0.351 e. The quantitative estimate of drug-likeness (QED) is 0.649. The van der Waals surface area contributed by atoms with E-state index in [0.717, 1.165) is 18.4 Å². The van der Waals surface area contributed by atoms with Gasteiger partial charge < -0.3 is 14.8 Å². The molecule has 1 aliphatic carbocycles. The van der Waals surface area contributed by atoms with E-state index in [2.05, 4.69) is 46.8 Å². The van der Waals surface area contributed by atoms with E-state index in [1.807, 2.05) is 13.8 Å². The van der Waals surface area contributed by atoms with Crippen molar-refractivity contribution in [1.29, 1.82) is 0 Å². The number of rotatable bonds is 10. The third-order valence-corrected chi connectivity index (χ3v) is 4.63. The Morgan fingerprint density at radius 1 is 1.22 bits per heavy atom. The predicted molar refractivity (Wildman–Crippen MR) is 101 cm³/mol. The standard InChI is InChI=1S/C20H28N4O3/c1-4-26-18(27-5-2)13-24-12-17(22-23-24)20(25)21-19(16-10-11-16)15-8-6-14(3)7-9-15/h6-9,12,16,18-19H,4-5,10-11,13H2,1-3H3,(H,21,25). The van der Waals surface area contributed by atoms with Gasteiger partial charge in [0.1, 0.15) is 0 Å². The predicted octanol–water partition coefficient (Wildman–Crippen LogP) is 2.87. The van der Waals surface area contributed by atoms with E-state index in [1.165, 1.54) is 5.56 Å². The summed E-state index contributed by atoms with van der Waals surface area (Å²) >= 11 is 0. The van der Waals surface area contributed by atoms with Gasteiger partial charge in [-0.2, -0.15) is 0 Å². The lowest BCUT2D eigenvalue weighted by Gasteiger charge is -2.18. The Morgan fingerprint density at radius 2 is 1.89 bits per heavy atom. The highest BCUT2D eigenvalue weighted by Crippen LogP contribution is 2.41. The van der Waals surface area contributed by atoms with Crippen LogP contribution in [0.4, 0.5) is 0 Å². The number of ether oxygens (including phenoxy) is 2. The molecule has 7 nitrogen and oxygen atoms in total. The zero-order valence-corrected chi connectivity index (χ0v) is 16.2. The molecule has 1 atom stereocenters. The number of aromatic nitrogens is 3. The molecule has 0 radical (unpaired) electrons. The summed E-state index contributed by atoms with van der Waals surface area (Å²) < 4.78 is 12.6. The van der Waals surface area contributed by atoms with Gasteiger partial charge >= 0.3 is 0 Å². The third-order valence-electron chi connectivity index (χ3n) is 4.63. The number of nitrogens with zero attached hydrogens (tertiary/aromatic N) is 3. The van der Waals surface area contributed by atoms with Crippen molar-refractivity contribution in [2.45, 2.75) is 52.5 Å². The number of benzene rings is 1. The van der Waals surface area contributed by atoms with Crippen LogP contribution in [-0.2, 0) is 16.0 Å². The van der Waals surface area contributed by atoms with Gasteiger partial charge in [-0.1, -0.05) is 35.0 Å². The Kier molecular flexibility index (Phi) is 6.58. The highest BCUT2D eigenvalue weighted by Gasteiger charge is 2.34. The first-order chi connectivity index (χ1) is 13.1. The molecular formula is C20H28N4O3. The molecule has 0 saturated heterocycles. The van der Waals surface area contributed by atoms with Gasteiger partial charge in [0, 0.05) is 13.2 Å². The fourth-order valence-electron chi connectivity index (χ4n) is 3.06. The fourth-order valence-corrected chi connectivity index (χ4v) is 3.06. The second-order valence-corrected chi connectivity index (χ2v) is 6.87. The van der Waals surface area contributed by atoms with Gasteiger partial charge in [0.15, 0.2) is 12.0 Å². The molecule has 1 aromatic carbocycles. The zero-order chi connectivity index (χ0) is 19.2. The molecule has 0 aliphatic heterocycles. The normalized spacial score (nSPS) is 15.1. The van der Waals surface area contributed by atoms with Crippen molar-refractivity contribution in [3.05, 3.63) is 47.3 Å². The second-order valence-electron chi connectivity index (χ2n) is 6.87. The average molecular weight is 372 g/mol. The van der Waals surface area contributed by atoms with Gasteiger partial charge in [-0.25, -0.2) is 4.68 Å². The van der Waals surface area contributed by atoms with Crippen molar-refractivity contribution in [3.63, 3.8) is 0 Å². The monoisotopic (exact) mass is 372 g/mol. The summed E-state index contributed by atoms with van der Waals surface area (Å²) in [6, 6.07) is 8.35. The van der Waals surface area contributed by atoms with E-state index < -0.39 is 6.29 Å². The molecule has 1 aromatic heterocycles. The number of carbonyl (C=O) groups is 1. The maximum atomic E-state index is 12.7. The fraction of sp³-hybridized carbons (Fsp3) is 0.550. The Morgan fingerprint density at radius 3 is 2.48 bits per heavy atom. The van der Waals surface area contributed by atoms with Gasteiger partial charge in [0.05, 0.1) is 18.8 Å². The lowest BCUT2D eigenvalue weighted by Crippen LogP contribution is -2.30. The zero-order valence-electron chi connectivity index (χ0n) is 16.2. The molecule has 146 valence electrons. The summed E-state index contributed by atoms with van der Waals surface area (Å²) in [6.07, 6.45) is 3.51. The highest BCUT2D eigenvalue weighted by molar-refractivity contribution is 5.92. The first-order valence-electron chi connectivity index (χ1n) is 9.61. The minimum atomic E-state index is -0.399. The van der Waals surface area contributed by atoms with Crippen molar-refractivity contribution in [1.82, 2.24) is 20.3 Å². The number of hydrogen-bond donors (Lipinski definition) is 1. The van der Waals surface area contributed by atoms with Crippen LogP contribution >= 0.6 is 0 Å². The van der Waals surface area contributed by atoms with Crippen LogP contribution in [0, 0.1) is 12.8 Å². The smallest absolute Gasteiger partial charge is 0.273 e. The summed E-state index contributed by atoms with van der Waals surface area (Å²) in [4.78, 5) is 12.7. The SMILES string of the molecule is CCOC(Cn1cc(C(=O)NC(c2ccc(C)cc2)C2CC2)nn1)OCC. The van der Waals surface area contributed by atoms with Gasteiger partial charge in [0.2, 0.25) is 0 Å². The van der Waals surface area contributed by atoms with E-state index in [0.29, 0.717) is 31.4 Å². The molecule has 1 aliphatic rings. The number of carbonyl (C=O) groups excluding carboxylic acids is 1. The maximum absolute atomic E-state index is 12.7. The molecule has 0 bridgehead atoms. The average Bonchev–Trinajstić information content (AvgIpc) is 3.39. The van der Waals surface area contributed by atoms with Crippen LogP contribution in [0.2, 0.25) is 0 Å². The topological polar surface area (TPSA) is 78.3 Å². The second kappa shape index (κ2) is 9.10. The largest absolute Gasteiger partial charge is 0.351 e. The molecule has 7 heteroatoms. The lowest BCUT2D eigenvalue weighted by molar-refractivity contribution is -0.145. The van der Waals surface area contributed by atoms with Crippen molar-refractivity contribution in [3.8, 4) is 0 Å². The molecule has 1 amide bonds. The number of amides is 1. The Balaban J connectivity index is 1.65. The van der Waals surface area contributed by atoms with Crippen molar-refractivity contribution in [2.24, 2.45) is 5.92 Å². The maximum Gasteiger partial charge on any atom is 0.273 e. The summed E-state index contributed by atoms with van der Waals surface area (Å²) in [5.74, 6) is 0.287. The Hall–Kier alpha value is -2.25. The number of aryl methyl sites for hydroxylation is 1. The molecule has 2 aromatic rings. The lowest BCUT2D eigenvalue weighted by atomic mass is 10.0. The first-order valence-corrected chi connectivity index (χ1v) is 9.61. The molecular weight excluding hydrogens is 344 g/mol. The van der Waals surface area contributed by atoms with E-state index in [-0.39, 0.29) is 11.9 Å². The van der Waals surface area contributed by atoms with Gasteiger partial charge in [-0.3, -0.25) is 4.79 Å². The van der Waals surface area contributed by atoms with Crippen molar-refractivity contribution in [2.75, 3.05) is 13.2 Å². The van der Waals surface area contributed by atoms with Crippen LogP contribution in [0.3, 0.4) is 0 Å². The first kappa shape index (κ1) is 19.5. The van der Waals surface area contributed by atoms with Crippen LogP contribution in [0.15, 0.2) is 30.5 Å². The third kappa shape index (κ3) is 5.37. The summed E-state index contributed by atoms with van der Waals surface area (Å²) in [6.45, 7) is 7.37. The van der Waals surface area contributed by atoms with Crippen LogP contribution in [0.1, 0.15) is 54.3 Å². The van der Waals surface area contributed by atoms with E-state index in [4.69, 9.17) is 9.47 Å². The van der Waals surface area contributed by atoms with Crippen LogP contribution in [0.5, 0.6) is 0 Å². The molecule has 27 heavy (non-hydrogen) atoms. The van der Waals surface area contributed by atoms with Crippen molar-refractivity contribution < 1.29 is 14.3 Å². The Labute approximate surface area is 160 Å². The van der Waals surface area contributed by atoms with Gasteiger partial charge in [-0.15, -0.1) is 5.10 Å². The molecule has 1 saturated carbocycles. The van der Waals surface area contributed by atoms with E-state index in [1.54, 1.807) is 10.9 Å². The van der Waals surface area contributed by atoms with Gasteiger partial charge in [0.25, 0.3) is 5.91 Å². The van der Waals surface area contributed by atoms with Crippen LogP contribution in [0.25, 0.3) is 0 Å². The molecule has 1 heterocycles. The molecule has 1 N–H and O–H groups in total. The van der Waals surface area contributed by atoms with E-state index in [9.17, 15) is 4.79 Å². The van der Waals surface area contributed by atoms with Crippen LogP contribution in [-0.4, -0.2) is 40.4 Å². The summed E-state index contributed by atoms with van der Waals surface area (Å²) in [5, 5.41) is 11.2. The molecule has 1 unspecified atom stereocenters. The number of nitrogens with one attached hydrogen (secondary N) is 1. The van der Waals surface area contributed by atoms with E-state index >= 15 is 0 Å². The van der Waals surface area contributed by atoms with Crippen LogP contribution < -0.4 is 5.32 Å². The molecule has 1 fully saturated rings. The Bertz CT molecular complexity index is 734. The van der Waals surface area contributed by atoms with Gasteiger partial charge in [-0.05, 0) is 45.1 Å². The summed E-state index contributed by atoms with van der Waals surface area (Å²) in [5.41, 5.74) is 2.65. The highest BCUT2D eigenvalue weighted by atomic mass is 16.7. The van der Waals surface area contributed by atoms with Crippen molar-refractivity contribution >= 4 is 5.91 Å². The molecule has 3 rings (SSSR count). The summed E-state index contributed by atoms with van der Waals surface area (Å²) in [7, 11) is 0. The number of hydrogen-bond acceptors (Lipinski definition) is 5. The molecule has 0 spiro atoms.